The van der Waals surface area contributed by atoms with Crippen molar-refractivity contribution in [3.8, 4) is 0 Å². The van der Waals surface area contributed by atoms with Gasteiger partial charge in [0.1, 0.15) is 0 Å². The molecule has 19 heavy (non-hydrogen) atoms. The van der Waals surface area contributed by atoms with Crippen LogP contribution in [0.5, 0.6) is 0 Å². The number of hydrogen-bond donors (Lipinski definition) is 2. The number of hydrazine groups is 1. The van der Waals surface area contributed by atoms with E-state index in [0.717, 1.165) is 51.7 Å². The van der Waals surface area contributed by atoms with Crippen LogP contribution in [-0.2, 0) is 10.2 Å². The Kier molecular flexibility index (Phi) is 5.58. The summed E-state index contributed by atoms with van der Waals surface area (Å²) in [6.45, 7) is 3.00. The number of likely N-dealkylation sites (N-methyl/N-ethyl adjacent to an activating group) is 1. The van der Waals surface area contributed by atoms with Crippen molar-refractivity contribution in [1.29, 1.82) is 0 Å². The summed E-state index contributed by atoms with van der Waals surface area (Å²) in [4.78, 5) is 2.76. The molecule has 2 aliphatic heterocycles. The molecule has 2 fully saturated rings. The van der Waals surface area contributed by atoms with Gasteiger partial charge in [-0.2, -0.15) is 12.7 Å². The molecule has 2 rings (SSSR count). The minimum absolute atomic E-state index is 0.0843. The first kappa shape index (κ1) is 15.2. The minimum Gasteiger partial charge on any atom is -0.318 e. The van der Waals surface area contributed by atoms with Crippen LogP contribution in [0.2, 0.25) is 0 Å². The van der Waals surface area contributed by atoms with Crippen LogP contribution in [0.1, 0.15) is 38.5 Å². The van der Waals surface area contributed by atoms with Crippen LogP contribution in [0.3, 0.4) is 0 Å². The molecule has 0 saturated carbocycles. The van der Waals surface area contributed by atoms with Gasteiger partial charge in [-0.25, -0.2) is 5.01 Å². The summed E-state index contributed by atoms with van der Waals surface area (Å²) in [7, 11) is -1.51. The molecule has 0 radical (unpaired) electrons. The van der Waals surface area contributed by atoms with E-state index < -0.39 is 10.2 Å². The Labute approximate surface area is 116 Å². The van der Waals surface area contributed by atoms with Crippen molar-refractivity contribution in [3.63, 3.8) is 0 Å². The van der Waals surface area contributed by atoms with Crippen molar-refractivity contribution in [2.45, 2.75) is 44.6 Å². The Hall–Kier alpha value is -0.210. The lowest BCUT2D eigenvalue weighted by Gasteiger charge is -2.37. The second-order valence-corrected chi connectivity index (χ2v) is 7.06. The summed E-state index contributed by atoms with van der Waals surface area (Å²) in [5.41, 5.74) is 0. The van der Waals surface area contributed by atoms with Gasteiger partial charge in [0.25, 0.3) is 10.2 Å². The van der Waals surface area contributed by atoms with Gasteiger partial charge in [-0.15, -0.1) is 4.83 Å². The van der Waals surface area contributed by atoms with E-state index in [1.807, 2.05) is 12.1 Å². The standard InChI is InChI=1S/C12H26N4O2S/c1-13-11-12-7-3-6-10-16(12)19(17,18)14-15-8-4-2-5-9-15/h12-14H,2-11H2,1H3. The first-order valence-electron chi connectivity index (χ1n) is 7.32. The third-order valence-corrected chi connectivity index (χ3v) is 5.51. The number of piperidine rings is 2. The van der Waals surface area contributed by atoms with E-state index >= 15 is 0 Å². The lowest BCUT2D eigenvalue weighted by Crippen LogP contribution is -2.56. The van der Waals surface area contributed by atoms with Crippen molar-refractivity contribution in [2.24, 2.45) is 0 Å². The highest BCUT2D eigenvalue weighted by molar-refractivity contribution is 7.87. The zero-order valence-corrected chi connectivity index (χ0v) is 12.6. The van der Waals surface area contributed by atoms with Crippen LogP contribution in [0.4, 0.5) is 0 Å². The van der Waals surface area contributed by atoms with Crippen molar-refractivity contribution in [3.05, 3.63) is 0 Å². The molecule has 2 aliphatic rings. The molecule has 2 saturated heterocycles. The van der Waals surface area contributed by atoms with Gasteiger partial charge in [0.15, 0.2) is 0 Å². The fourth-order valence-corrected chi connectivity index (χ4v) is 4.49. The van der Waals surface area contributed by atoms with E-state index in [1.165, 1.54) is 6.42 Å². The van der Waals surface area contributed by atoms with Crippen molar-refractivity contribution < 1.29 is 8.42 Å². The van der Waals surface area contributed by atoms with Crippen LogP contribution in [0, 0.1) is 0 Å². The minimum atomic E-state index is -3.39. The molecule has 0 aromatic rings. The van der Waals surface area contributed by atoms with Crippen LogP contribution in [0.25, 0.3) is 0 Å². The van der Waals surface area contributed by atoms with Gasteiger partial charge in [-0.1, -0.05) is 12.8 Å². The second-order valence-electron chi connectivity index (χ2n) is 5.46. The van der Waals surface area contributed by atoms with Gasteiger partial charge in [-0.3, -0.25) is 0 Å². The molecule has 0 amide bonds. The van der Waals surface area contributed by atoms with Gasteiger partial charge >= 0.3 is 0 Å². The molecule has 2 N–H and O–H groups in total. The molecular formula is C12H26N4O2S. The third kappa shape index (κ3) is 4.13. The van der Waals surface area contributed by atoms with Crippen LogP contribution in [0.15, 0.2) is 0 Å². The predicted octanol–water partition coefficient (Wildman–Crippen LogP) is 0.296. The molecule has 0 aromatic heterocycles. The maximum absolute atomic E-state index is 12.5. The summed E-state index contributed by atoms with van der Waals surface area (Å²) < 4.78 is 26.6. The van der Waals surface area contributed by atoms with E-state index in [4.69, 9.17) is 0 Å². The second kappa shape index (κ2) is 6.99. The van der Waals surface area contributed by atoms with Crippen LogP contribution < -0.4 is 10.1 Å². The number of hydrogen-bond acceptors (Lipinski definition) is 4. The largest absolute Gasteiger partial charge is 0.318 e. The van der Waals surface area contributed by atoms with Crippen molar-refractivity contribution >= 4 is 10.2 Å². The topological polar surface area (TPSA) is 64.7 Å². The van der Waals surface area contributed by atoms with Gasteiger partial charge < -0.3 is 5.32 Å². The highest BCUT2D eigenvalue weighted by atomic mass is 32.2. The molecule has 112 valence electrons. The smallest absolute Gasteiger partial charge is 0.292 e. The Morgan fingerprint density at radius 2 is 1.74 bits per heavy atom. The number of rotatable bonds is 5. The van der Waals surface area contributed by atoms with E-state index in [0.29, 0.717) is 6.54 Å². The highest BCUT2D eigenvalue weighted by Gasteiger charge is 2.33. The Morgan fingerprint density at radius 1 is 1.05 bits per heavy atom. The predicted molar refractivity (Wildman–Crippen MR) is 75.8 cm³/mol. The molecule has 2 heterocycles. The Bertz CT molecular complexity index is 366. The van der Waals surface area contributed by atoms with E-state index in [1.54, 1.807) is 4.31 Å². The lowest BCUT2D eigenvalue weighted by atomic mass is 10.1. The maximum atomic E-state index is 12.5. The van der Waals surface area contributed by atoms with Crippen molar-refractivity contribution in [1.82, 2.24) is 19.5 Å². The van der Waals surface area contributed by atoms with E-state index in [-0.39, 0.29) is 6.04 Å². The Balaban J connectivity index is 1.99. The highest BCUT2D eigenvalue weighted by Crippen LogP contribution is 2.20. The first-order valence-corrected chi connectivity index (χ1v) is 8.76. The summed E-state index contributed by atoms with van der Waals surface area (Å²) in [6, 6.07) is 0.0843. The zero-order chi connectivity index (χ0) is 13.7. The van der Waals surface area contributed by atoms with Crippen LogP contribution in [-0.4, -0.2) is 57.0 Å². The first-order chi connectivity index (χ1) is 9.13. The lowest BCUT2D eigenvalue weighted by molar-refractivity contribution is 0.180. The van der Waals surface area contributed by atoms with Gasteiger partial charge in [-0.05, 0) is 32.7 Å². The SMILES string of the molecule is CNCC1CCCCN1S(=O)(=O)NN1CCCCC1. The molecule has 1 atom stereocenters. The quantitative estimate of drug-likeness (QED) is 0.764. The maximum Gasteiger partial charge on any atom is 0.292 e. The van der Waals surface area contributed by atoms with E-state index in [2.05, 4.69) is 10.1 Å². The normalized spacial score (nSPS) is 27.5. The molecule has 1 unspecified atom stereocenters. The molecule has 7 heteroatoms. The summed E-state index contributed by atoms with van der Waals surface area (Å²) in [5, 5.41) is 4.95. The van der Waals surface area contributed by atoms with Crippen molar-refractivity contribution in [2.75, 3.05) is 33.2 Å². The molecule has 0 spiro atoms. The monoisotopic (exact) mass is 290 g/mol. The average Bonchev–Trinajstić information content (AvgIpc) is 2.40. The molecule has 6 nitrogen and oxygen atoms in total. The Morgan fingerprint density at radius 3 is 2.42 bits per heavy atom. The van der Waals surface area contributed by atoms with Gasteiger partial charge in [0.05, 0.1) is 0 Å². The molecular weight excluding hydrogens is 264 g/mol. The molecule has 0 aromatic carbocycles. The fraction of sp³-hybridized carbons (Fsp3) is 1.00. The summed E-state index contributed by atoms with van der Waals surface area (Å²) in [5.74, 6) is 0. The number of nitrogens with zero attached hydrogens (tertiary/aromatic N) is 2. The molecule has 0 aliphatic carbocycles. The number of nitrogens with one attached hydrogen (secondary N) is 2. The summed E-state index contributed by atoms with van der Waals surface area (Å²) >= 11 is 0. The fourth-order valence-electron chi connectivity index (χ4n) is 2.93. The van der Waals surface area contributed by atoms with Crippen LogP contribution >= 0.6 is 0 Å². The summed E-state index contributed by atoms with van der Waals surface area (Å²) in [6.07, 6.45) is 6.36. The van der Waals surface area contributed by atoms with Gasteiger partial charge in [0, 0.05) is 32.2 Å². The van der Waals surface area contributed by atoms with Gasteiger partial charge in [0.2, 0.25) is 0 Å². The third-order valence-electron chi connectivity index (χ3n) is 3.92. The zero-order valence-electron chi connectivity index (χ0n) is 11.8. The average molecular weight is 290 g/mol. The van der Waals surface area contributed by atoms with E-state index in [9.17, 15) is 8.42 Å². The molecule has 0 bridgehead atoms.